The van der Waals surface area contributed by atoms with Gasteiger partial charge in [0.25, 0.3) is 0 Å². The molecule has 1 aliphatic rings. The number of hydrogen-bond donors (Lipinski definition) is 1. The van der Waals surface area contributed by atoms with Crippen LogP contribution >= 0.6 is 0 Å². The Morgan fingerprint density at radius 2 is 1.89 bits per heavy atom. The van der Waals surface area contributed by atoms with Crippen LogP contribution < -0.4 is 4.90 Å². The zero-order valence-electron chi connectivity index (χ0n) is 11.8. The average Bonchev–Trinajstić information content (AvgIpc) is 2.51. The van der Waals surface area contributed by atoms with Crippen LogP contribution in [0.2, 0.25) is 0 Å². The Morgan fingerprint density at radius 3 is 2.47 bits per heavy atom. The predicted octanol–water partition coefficient (Wildman–Crippen LogP) is 1.62. The molecule has 0 amide bonds. The number of piperidine rings is 1. The summed E-state index contributed by atoms with van der Waals surface area (Å²) in [6, 6.07) is 10.2. The number of terminal acetylenes is 1. The maximum atomic E-state index is 5.78. The van der Waals surface area contributed by atoms with Crippen molar-refractivity contribution in [2.24, 2.45) is 0 Å². The lowest BCUT2D eigenvalue weighted by Crippen LogP contribution is -3.13. The van der Waals surface area contributed by atoms with E-state index >= 15 is 0 Å². The zero-order chi connectivity index (χ0) is 13.6. The van der Waals surface area contributed by atoms with Gasteiger partial charge in [0.1, 0.15) is 0 Å². The number of methoxy groups -OCH3 is 1. The van der Waals surface area contributed by atoms with Crippen molar-refractivity contribution in [1.29, 1.82) is 0 Å². The van der Waals surface area contributed by atoms with Crippen LogP contribution in [-0.2, 0) is 10.3 Å². The molecule has 102 valence electrons. The van der Waals surface area contributed by atoms with E-state index in [1.807, 2.05) is 18.2 Å². The normalized spacial score (nSPS) is 19.6. The second-order valence-electron chi connectivity index (χ2n) is 5.35. The molecule has 1 N–H and O–H groups in total. The average molecular weight is 258 g/mol. The van der Waals surface area contributed by atoms with Gasteiger partial charge in [0.15, 0.2) is 5.60 Å². The van der Waals surface area contributed by atoms with Gasteiger partial charge >= 0.3 is 0 Å². The van der Waals surface area contributed by atoms with Crippen LogP contribution in [0.15, 0.2) is 30.3 Å². The van der Waals surface area contributed by atoms with E-state index in [9.17, 15) is 0 Å². The molecule has 0 spiro atoms. The second-order valence-corrected chi connectivity index (χ2v) is 5.35. The van der Waals surface area contributed by atoms with Gasteiger partial charge in [0.2, 0.25) is 0 Å². The Morgan fingerprint density at radius 1 is 1.21 bits per heavy atom. The van der Waals surface area contributed by atoms with Crippen molar-refractivity contribution in [1.82, 2.24) is 0 Å². The fourth-order valence-corrected chi connectivity index (χ4v) is 2.94. The highest BCUT2D eigenvalue weighted by Crippen LogP contribution is 2.27. The number of rotatable bonds is 5. The minimum atomic E-state index is -0.564. The number of quaternary nitrogens is 1. The van der Waals surface area contributed by atoms with Crippen LogP contribution in [0.5, 0.6) is 0 Å². The fraction of sp³-hybridized carbons (Fsp3) is 0.529. The maximum absolute atomic E-state index is 5.78. The smallest absolute Gasteiger partial charge is 0.158 e. The number of nitrogens with one attached hydrogen (secondary N) is 1. The van der Waals surface area contributed by atoms with Crippen molar-refractivity contribution in [3.63, 3.8) is 0 Å². The number of benzene rings is 1. The SMILES string of the molecule is C#C[C@@](CC[NH+]1CCCCC1)(OC)c1ccccc1. The van der Waals surface area contributed by atoms with Gasteiger partial charge in [0.05, 0.1) is 19.6 Å². The lowest BCUT2D eigenvalue weighted by atomic mass is 9.90. The molecule has 1 heterocycles. The van der Waals surface area contributed by atoms with E-state index in [0.717, 1.165) is 18.5 Å². The third-order valence-corrected chi connectivity index (χ3v) is 4.21. The first kappa shape index (κ1) is 14.1. The monoisotopic (exact) mass is 258 g/mol. The summed E-state index contributed by atoms with van der Waals surface area (Å²) in [5.41, 5.74) is 0.530. The molecule has 2 heteroatoms. The van der Waals surface area contributed by atoms with E-state index in [2.05, 4.69) is 18.1 Å². The number of ether oxygens (including phenoxy) is 1. The maximum Gasteiger partial charge on any atom is 0.158 e. The summed E-state index contributed by atoms with van der Waals surface area (Å²) in [5, 5.41) is 0. The third kappa shape index (κ3) is 3.37. The van der Waals surface area contributed by atoms with Crippen LogP contribution in [0, 0.1) is 12.3 Å². The Hall–Kier alpha value is -1.30. The Kier molecular flexibility index (Phi) is 5.01. The molecule has 2 nitrogen and oxygen atoms in total. The van der Waals surface area contributed by atoms with E-state index in [-0.39, 0.29) is 0 Å². The summed E-state index contributed by atoms with van der Waals surface area (Å²) in [4.78, 5) is 1.67. The molecule has 0 bridgehead atoms. The highest BCUT2D eigenvalue weighted by atomic mass is 16.5. The van der Waals surface area contributed by atoms with Crippen molar-refractivity contribution in [2.75, 3.05) is 26.7 Å². The minimum absolute atomic E-state index is 0.564. The molecule has 1 aliphatic heterocycles. The Labute approximate surface area is 116 Å². The molecule has 0 aromatic heterocycles. The van der Waals surface area contributed by atoms with Gasteiger partial charge in [-0.05, 0) is 24.8 Å². The van der Waals surface area contributed by atoms with Gasteiger partial charge in [-0.3, -0.25) is 0 Å². The first-order chi connectivity index (χ1) is 9.30. The third-order valence-electron chi connectivity index (χ3n) is 4.21. The molecule has 19 heavy (non-hydrogen) atoms. The summed E-state index contributed by atoms with van der Waals surface area (Å²) in [7, 11) is 1.72. The molecule has 1 aromatic rings. The first-order valence-corrected chi connectivity index (χ1v) is 7.23. The molecule has 0 unspecified atom stereocenters. The van der Waals surface area contributed by atoms with E-state index in [0.29, 0.717) is 0 Å². The fourth-order valence-electron chi connectivity index (χ4n) is 2.94. The molecule has 0 radical (unpaired) electrons. The minimum Gasteiger partial charge on any atom is -0.361 e. The van der Waals surface area contributed by atoms with Gasteiger partial charge < -0.3 is 9.64 Å². The van der Waals surface area contributed by atoms with Crippen LogP contribution in [0.3, 0.4) is 0 Å². The van der Waals surface area contributed by atoms with Crippen LogP contribution in [0.4, 0.5) is 0 Å². The van der Waals surface area contributed by atoms with Crippen LogP contribution in [0.1, 0.15) is 31.2 Å². The van der Waals surface area contributed by atoms with Gasteiger partial charge in [-0.1, -0.05) is 36.3 Å². The highest BCUT2D eigenvalue weighted by molar-refractivity contribution is 5.30. The van der Waals surface area contributed by atoms with Gasteiger partial charge in [-0.15, -0.1) is 6.42 Å². The van der Waals surface area contributed by atoms with Crippen LogP contribution in [0.25, 0.3) is 0 Å². The summed E-state index contributed by atoms with van der Waals surface area (Å²) in [5.74, 6) is 2.89. The molecule has 1 fully saturated rings. The lowest BCUT2D eigenvalue weighted by molar-refractivity contribution is -0.905. The van der Waals surface area contributed by atoms with Crippen LogP contribution in [-0.4, -0.2) is 26.7 Å². The van der Waals surface area contributed by atoms with Gasteiger partial charge in [-0.2, -0.15) is 0 Å². The Balaban J connectivity index is 2.05. The van der Waals surface area contributed by atoms with E-state index < -0.39 is 5.60 Å². The molecule has 1 saturated heterocycles. The first-order valence-electron chi connectivity index (χ1n) is 7.23. The molecule has 0 aliphatic carbocycles. The van der Waals surface area contributed by atoms with Crippen molar-refractivity contribution in [2.45, 2.75) is 31.3 Å². The van der Waals surface area contributed by atoms with Gasteiger partial charge in [0, 0.05) is 13.5 Å². The zero-order valence-corrected chi connectivity index (χ0v) is 11.8. The van der Waals surface area contributed by atoms with Crippen molar-refractivity contribution in [3.8, 4) is 12.3 Å². The summed E-state index contributed by atoms with van der Waals surface area (Å²) in [6.45, 7) is 3.64. The van der Waals surface area contributed by atoms with Crippen molar-refractivity contribution >= 4 is 0 Å². The van der Waals surface area contributed by atoms with Crippen molar-refractivity contribution in [3.05, 3.63) is 35.9 Å². The van der Waals surface area contributed by atoms with Crippen molar-refractivity contribution < 1.29 is 9.64 Å². The largest absolute Gasteiger partial charge is 0.361 e. The number of hydrogen-bond acceptors (Lipinski definition) is 1. The molecule has 1 aromatic carbocycles. The summed E-state index contributed by atoms with van der Waals surface area (Å²) >= 11 is 0. The van der Waals surface area contributed by atoms with Gasteiger partial charge in [-0.25, -0.2) is 0 Å². The standard InChI is InChI=1S/C17H23NO/c1-3-17(19-2,16-10-6-4-7-11-16)12-15-18-13-8-5-9-14-18/h1,4,6-7,10-11H,5,8-9,12-15H2,2H3/p+1/t17-/m0/s1. The predicted molar refractivity (Wildman–Crippen MR) is 78.0 cm³/mol. The van der Waals surface area contributed by atoms with E-state index in [4.69, 9.17) is 11.2 Å². The summed E-state index contributed by atoms with van der Waals surface area (Å²) in [6.07, 6.45) is 10.7. The molecular formula is C17H24NO+. The molecule has 0 saturated carbocycles. The molecule has 1 atom stereocenters. The van der Waals surface area contributed by atoms with E-state index in [1.165, 1.54) is 32.4 Å². The molecule has 2 rings (SSSR count). The highest BCUT2D eigenvalue weighted by Gasteiger charge is 2.31. The lowest BCUT2D eigenvalue weighted by Gasteiger charge is -2.30. The quantitative estimate of drug-likeness (QED) is 0.792. The summed E-state index contributed by atoms with van der Waals surface area (Å²) < 4.78 is 5.71. The molecular weight excluding hydrogens is 234 g/mol. The van der Waals surface area contributed by atoms with E-state index in [1.54, 1.807) is 12.0 Å². The topological polar surface area (TPSA) is 13.7 Å². The Bertz CT molecular complexity index is 417. The number of likely N-dealkylation sites (tertiary alicyclic amines) is 1. The second kappa shape index (κ2) is 6.75.